The summed E-state index contributed by atoms with van der Waals surface area (Å²) in [4.78, 5) is 13.5. The van der Waals surface area contributed by atoms with Crippen molar-refractivity contribution in [3.8, 4) is 5.75 Å². The van der Waals surface area contributed by atoms with Gasteiger partial charge in [0.25, 0.3) is 0 Å². The van der Waals surface area contributed by atoms with Crippen LogP contribution in [0, 0.1) is 6.92 Å². The number of thioether (sulfide) groups is 2. The average Bonchev–Trinajstić information content (AvgIpc) is 3.14. The molecule has 9 heteroatoms. The molecule has 162 valence electrons. The zero-order valence-electron chi connectivity index (χ0n) is 17.3. The monoisotopic (exact) mass is 474 g/mol. The van der Waals surface area contributed by atoms with E-state index in [1.165, 1.54) is 22.2 Å². The second kappa shape index (κ2) is 11.3. The summed E-state index contributed by atoms with van der Waals surface area (Å²) in [6.07, 6.45) is 1.80. The molecular weight excluding hydrogens is 452 g/mol. The molecule has 0 aliphatic heterocycles. The van der Waals surface area contributed by atoms with E-state index in [9.17, 15) is 4.79 Å². The van der Waals surface area contributed by atoms with Crippen LogP contribution < -0.4 is 10.1 Å². The zero-order valence-corrected chi connectivity index (χ0v) is 19.7. The van der Waals surface area contributed by atoms with Crippen LogP contribution in [0.15, 0.2) is 65.2 Å². The molecule has 0 atom stereocenters. The molecule has 0 saturated heterocycles. The van der Waals surface area contributed by atoms with Gasteiger partial charge in [0.15, 0.2) is 5.16 Å². The lowest BCUT2D eigenvalue weighted by Gasteiger charge is -2.09. The molecule has 3 aromatic rings. The first-order chi connectivity index (χ1) is 15.0. The topological polar surface area (TPSA) is 69.0 Å². The number of nitrogens with one attached hydrogen (secondary N) is 1. The van der Waals surface area contributed by atoms with Crippen molar-refractivity contribution < 1.29 is 9.53 Å². The van der Waals surface area contributed by atoms with Gasteiger partial charge < -0.3 is 14.6 Å². The van der Waals surface area contributed by atoms with Gasteiger partial charge in [-0.05, 0) is 37.3 Å². The molecule has 0 radical (unpaired) electrons. The molecule has 1 N–H and O–H groups in total. The Hall–Kier alpha value is -2.42. The number of ether oxygens (including phenoxy) is 1. The first kappa shape index (κ1) is 23.2. The van der Waals surface area contributed by atoms with Crippen molar-refractivity contribution in [2.45, 2.75) is 29.3 Å². The Labute approximate surface area is 195 Å². The summed E-state index contributed by atoms with van der Waals surface area (Å²) in [6, 6.07) is 13.5. The van der Waals surface area contributed by atoms with Gasteiger partial charge in [-0.2, -0.15) is 0 Å². The Morgan fingerprint density at radius 3 is 2.68 bits per heavy atom. The minimum atomic E-state index is -0.157. The van der Waals surface area contributed by atoms with Crippen LogP contribution in [0.2, 0.25) is 5.02 Å². The van der Waals surface area contributed by atoms with Crippen molar-refractivity contribution >= 4 is 46.7 Å². The molecule has 3 rings (SSSR count). The maximum Gasteiger partial charge on any atom is 0.234 e. The maximum atomic E-state index is 12.4. The van der Waals surface area contributed by atoms with Gasteiger partial charge in [-0.25, -0.2) is 0 Å². The Kier molecular flexibility index (Phi) is 8.45. The van der Waals surface area contributed by atoms with Gasteiger partial charge in [0.2, 0.25) is 5.91 Å². The normalized spacial score (nSPS) is 10.7. The number of benzene rings is 2. The summed E-state index contributed by atoms with van der Waals surface area (Å²) in [5.41, 5.74) is 1.84. The molecule has 0 fully saturated rings. The summed E-state index contributed by atoms with van der Waals surface area (Å²) >= 11 is 9.14. The molecule has 0 saturated carbocycles. The molecule has 1 aromatic heterocycles. The van der Waals surface area contributed by atoms with Crippen LogP contribution in [0.1, 0.15) is 11.4 Å². The summed E-state index contributed by atoms with van der Waals surface area (Å²) in [6.45, 7) is 6.47. The van der Waals surface area contributed by atoms with E-state index in [1.807, 2.05) is 4.57 Å². The minimum Gasteiger partial charge on any atom is -0.495 e. The number of carbonyl (C=O) groups excluding carboxylic acids is 1. The van der Waals surface area contributed by atoms with Crippen LogP contribution in [0.25, 0.3) is 0 Å². The van der Waals surface area contributed by atoms with E-state index < -0.39 is 0 Å². The molecule has 2 aromatic carbocycles. The molecule has 0 unspecified atom stereocenters. The van der Waals surface area contributed by atoms with E-state index in [4.69, 9.17) is 16.3 Å². The predicted molar refractivity (Wildman–Crippen MR) is 128 cm³/mol. The van der Waals surface area contributed by atoms with Gasteiger partial charge in [-0.3, -0.25) is 4.79 Å². The number of hydrogen-bond acceptors (Lipinski definition) is 6. The van der Waals surface area contributed by atoms with Crippen molar-refractivity contribution in [1.29, 1.82) is 0 Å². The highest BCUT2D eigenvalue weighted by Gasteiger charge is 2.14. The number of aromatic nitrogens is 3. The van der Waals surface area contributed by atoms with Crippen LogP contribution in [0.3, 0.4) is 0 Å². The van der Waals surface area contributed by atoms with E-state index in [0.29, 0.717) is 33.9 Å². The van der Waals surface area contributed by atoms with Gasteiger partial charge in [0.05, 0.1) is 23.6 Å². The van der Waals surface area contributed by atoms with Crippen LogP contribution >= 0.6 is 35.1 Å². The number of amides is 1. The first-order valence-corrected chi connectivity index (χ1v) is 11.8. The third-order valence-corrected chi connectivity index (χ3v) is 6.53. The Balaban J connectivity index is 1.60. The minimum absolute atomic E-state index is 0.157. The second-order valence-electron chi connectivity index (χ2n) is 6.59. The second-order valence-corrected chi connectivity index (χ2v) is 8.98. The van der Waals surface area contributed by atoms with E-state index in [-0.39, 0.29) is 11.7 Å². The Morgan fingerprint density at radius 1 is 1.23 bits per heavy atom. The molecule has 1 heterocycles. The standard InChI is InChI=1S/C22H23ClN4O2S2/c1-4-11-27-20(13-30-17-8-5-15(2)6-9-17)25-26-22(27)31-14-21(28)24-16-7-10-19(29-3)18(23)12-16/h4-10,12H,1,11,13-14H2,2-3H3,(H,24,28). The summed E-state index contributed by atoms with van der Waals surface area (Å²) in [5.74, 6) is 2.12. The zero-order chi connectivity index (χ0) is 22.2. The van der Waals surface area contributed by atoms with Gasteiger partial charge >= 0.3 is 0 Å². The number of anilines is 1. The quantitative estimate of drug-likeness (QED) is 0.311. The largest absolute Gasteiger partial charge is 0.495 e. The van der Waals surface area contributed by atoms with Crippen LogP contribution in [0.5, 0.6) is 5.75 Å². The first-order valence-electron chi connectivity index (χ1n) is 9.48. The third-order valence-electron chi connectivity index (χ3n) is 4.26. The highest BCUT2D eigenvalue weighted by molar-refractivity contribution is 7.99. The number of halogens is 1. The van der Waals surface area contributed by atoms with E-state index in [1.54, 1.807) is 43.1 Å². The van der Waals surface area contributed by atoms with Gasteiger partial charge in [-0.15, -0.1) is 28.5 Å². The summed E-state index contributed by atoms with van der Waals surface area (Å²) in [7, 11) is 1.54. The fourth-order valence-corrected chi connectivity index (χ4v) is 4.56. The van der Waals surface area contributed by atoms with Crippen molar-refractivity contribution in [1.82, 2.24) is 14.8 Å². The number of nitrogens with zero attached hydrogens (tertiary/aromatic N) is 3. The van der Waals surface area contributed by atoms with Gasteiger partial charge in [0, 0.05) is 17.1 Å². The van der Waals surface area contributed by atoms with E-state index in [0.717, 1.165) is 5.82 Å². The molecule has 0 spiro atoms. The van der Waals surface area contributed by atoms with Gasteiger partial charge in [0.1, 0.15) is 11.6 Å². The molecule has 6 nitrogen and oxygen atoms in total. The Morgan fingerprint density at radius 2 is 2.00 bits per heavy atom. The lowest BCUT2D eigenvalue weighted by Crippen LogP contribution is -2.14. The van der Waals surface area contributed by atoms with Crippen molar-refractivity contribution in [2.24, 2.45) is 0 Å². The summed E-state index contributed by atoms with van der Waals surface area (Å²) in [5, 5.41) is 12.5. The summed E-state index contributed by atoms with van der Waals surface area (Å²) < 4.78 is 7.11. The number of methoxy groups -OCH3 is 1. The lowest BCUT2D eigenvalue weighted by atomic mass is 10.2. The third kappa shape index (κ3) is 6.53. The van der Waals surface area contributed by atoms with Crippen LogP contribution in [-0.2, 0) is 17.1 Å². The van der Waals surface area contributed by atoms with Crippen molar-refractivity contribution in [2.75, 3.05) is 18.2 Å². The fourth-order valence-electron chi connectivity index (χ4n) is 2.70. The number of allylic oxidation sites excluding steroid dienone is 1. The number of carbonyl (C=O) groups is 1. The highest BCUT2D eigenvalue weighted by Crippen LogP contribution is 2.28. The Bertz CT molecular complexity index is 1050. The van der Waals surface area contributed by atoms with E-state index >= 15 is 0 Å². The molecule has 0 bridgehead atoms. The smallest absolute Gasteiger partial charge is 0.234 e. The molecular formula is C22H23ClN4O2S2. The maximum absolute atomic E-state index is 12.4. The highest BCUT2D eigenvalue weighted by atomic mass is 35.5. The van der Waals surface area contributed by atoms with Crippen LogP contribution in [-0.4, -0.2) is 33.5 Å². The number of rotatable bonds is 10. The van der Waals surface area contributed by atoms with Crippen LogP contribution in [0.4, 0.5) is 5.69 Å². The number of aryl methyl sites for hydroxylation is 1. The van der Waals surface area contributed by atoms with Crippen molar-refractivity contribution in [3.05, 3.63) is 71.5 Å². The average molecular weight is 475 g/mol. The molecule has 1 amide bonds. The lowest BCUT2D eigenvalue weighted by molar-refractivity contribution is -0.113. The van der Waals surface area contributed by atoms with Gasteiger partial charge in [-0.1, -0.05) is 47.1 Å². The SMILES string of the molecule is C=CCn1c(CSc2ccc(C)cc2)nnc1SCC(=O)Nc1ccc(OC)c(Cl)c1. The molecule has 31 heavy (non-hydrogen) atoms. The fraction of sp³-hybridized carbons (Fsp3) is 0.227. The molecule has 0 aliphatic carbocycles. The predicted octanol–water partition coefficient (Wildman–Crippen LogP) is 5.46. The number of hydrogen-bond donors (Lipinski definition) is 1. The van der Waals surface area contributed by atoms with Crippen molar-refractivity contribution in [3.63, 3.8) is 0 Å². The van der Waals surface area contributed by atoms with E-state index in [2.05, 4.69) is 53.3 Å². The molecule has 0 aliphatic rings.